The standard InChI is InChI=1S/C28H24Cl2N4O2S/c1-17-6-2-3-7-21(17)32-25(35)13-15-34-27(26(33-28(34)37)22-8-4-5-14-31-22)24-12-11-23(36-24)19-10-9-18(29)16-20(19)30/h2-12,14,16,26-27H,13,15H2,1H3,(H,32,35)(H,33,37)/t26-,27-/m0/s1. The quantitative estimate of drug-likeness (QED) is 0.242. The van der Waals surface area contributed by atoms with Crippen LogP contribution >= 0.6 is 35.4 Å². The van der Waals surface area contributed by atoms with Crippen molar-refractivity contribution < 1.29 is 9.21 Å². The van der Waals surface area contributed by atoms with Gasteiger partial charge in [0.1, 0.15) is 17.6 Å². The van der Waals surface area contributed by atoms with Gasteiger partial charge >= 0.3 is 0 Å². The number of pyridine rings is 1. The Bertz CT molecular complexity index is 1440. The zero-order valence-electron chi connectivity index (χ0n) is 19.9. The van der Waals surface area contributed by atoms with E-state index in [9.17, 15) is 4.79 Å². The van der Waals surface area contributed by atoms with Crippen molar-refractivity contribution in [3.63, 3.8) is 0 Å². The molecule has 1 amide bonds. The molecular formula is C28H24Cl2N4O2S. The van der Waals surface area contributed by atoms with Crippen molar-refractivity contribution in [2.75, 3.05) is 11.9 Å². The minimum absolute atomic E-state index is 0.0924. The van der Waals surface area contributed by atoms with E-state index in [1.807, 2.05) is 72.5 Å². The van der Waals surface area contributed by atoms with Gasteiger partial charge in [-0.25, -0.2) is 0 Å². The molecule has 2 aromatic heterocycles. The van der Waals surface area contributed by atoms with Crippen LogP contribution in [0.1, 0.15) is 35.5 Å². The van der Waals surface area contributed by atoms with Crippen molar-refractivity contribution in [1.29, 1.82) is 0 Å². The summed E-state index contributed by atoms with van der Waals surface area (Å²) < 4.78 is 6.33. The lowest BCUT2D eigenvalue weighted by Gasteiger charge is -2.26. The molecule has 1 fully saturated rings. The van der Waals surface area contributed by atoms with E-state index in [-0.39, 0.29) is 24.4 Å². The maximum atomic E-state index is 12.8. The first-order chi connectivity index (χ1) is 17.9. The minimum atomic E-state index is -0.312. The maximum absolute atomic E-state index is 12.8. The number of aryl methyl sites for hydroxylation is 1. The van der Waals surface area contributed by atoms with Crippen molar-refractivity contribution in [3.05, 3.63) is 106 Å². The Balaban J connectivity index is 1.42. The first-order valence-corrected chi connectivity index (χ1v) is 13.0. The summed E-state index contributed by atoms with van der Waals surface area (Å²) in [6, 6.07) is 21.9. The van der Waals surface area contributed by atoms with Crippen molar-refractivity contribution in [2.24, 2.45) is 0 Å². The molecule has 4 aromatic rings. The number of anilines is 1. The molecule has 2 N–H and O–H groups in total. The Morgan fingerprint density at radius 3 is 2.68 bits per heavy atom. The highest BCUT2D eigenvalue weighted by atomic mass is 35.5. The predicted molar refractivity (Wildman–Crippen MR) is 151 cm³/mol. The normalized spacial score (nSPS) is 17.1. The molecule has 2 atom stereocenters. The van der Waals surface area contributed by atoms with Gasteiger partial charge in [0.15, 0.2) is 5.11 Å². The molecule has 5 rings (SSSR count). The summed E-state index contributed by atoms with van der Waals surface area (Å²) in [5.74, 6) is 1.21. The van der Waals surface area contributed by atoms with Crippen molar-refractivity contribution in [1.82, 2.24) is 15.2 Å². The van der Waals surface area contributed by atoms with E-state index in [1.165, 1.54) is 0 Å². The smallest absolute Gasteiger partial charge is 0.226 e. The van der Waals surface area contributed by atoms with Crippen molar-refractivity contribution in [2.45, 2.75) is 25.4 Å². The number of carbonyl (C=O) groups excluding carboxylic acids is 1. The maximum Gasteiger partial charge on any atom is 0.226 e. The van der Waals surface area contributed by atoms with Crippen LogP contribution in [0.5, 0.6) is 0 Å². The second-order valence-corrected chi connectivity index (χ2v) is 9.99. The zero-order chi connectivity index (χ0) is 25.9. The Labute approximate surface area is 230 Å². The monoisotopic (exact) mass is 550 g/mol. The molecule has 188 valence electrons. The van der Waals surface area contributed by atoms with E-state index in [0.29, 0.717) is 33.2 Å². The molecule has 0 saturated carbocycles. The minimum Gasteiger partial charge on any atom is -0.459 e. The van der Waals surface area contributed by atoms with Crippen LogP contribution in [-0.2, 0) is 4.79 Å². The molecular weight excluding hydrogens is 527 g/mol. The highest BCUT2D eigenvalue weighted by molar-refractivity contribution is 7.80. The van der Waals surface area contributed by atoms with E-state index in [2.05, 4.69) is 15.6 Å². The van der Waals surface area contributed by atoms with Gasteiger partial charge < -0.3 is 20.0 Å². The van der Waals surface area contributed by atoms with Gasteiger partial charge in [-0.05, 0) is 73.2 Å². The fourth-order valence-corrected chi connectivity index (χ4v) is 5.28. The second kappa shape index (κ2) is 10.9. The summed E-state index contributed by atoms with van der Waals surface area (Å²) in [6.07, 6.45) is 1.99. The number of nitrogens with zero attached hydrogens (tertiary/aromatic N) is 2. The lowest BCUT2D eigenvalue weighted by molar-refractivity contribution is -0.116. The fraction of sp³-hybridized carbons (Fsp3) is 0.179. The summed E-state index contributed by atoms with van der Waals surface area (Å²) >= 11 is 18.2. The number of rotatable bonds is 7. The average Bonchev–Trinajstić information content (AvgIpc) is 3.49. The van der Waals surface area contributed by atoms with E-state index in [1.54, 1.807) is 18.3 Å². The second-order valence-electron chi connectivity index (χ2n) is 8.76. The molecule has 1 saturated heterocycles. The molecule has 2 aromatic carbocycles. The number of furan rings is 1. The van der Waals surface area contributed by atoms with Gasteiger partial charge in [-0.2, -0.15) is 0 Å². The van der Waals surface area contributed by atoms with Crippen LogP contribution in [0.4, 0.5) is 5.69 Å². The fourth-order valence-electron chi connectivity index (χ4n) is 4.45. The summed E-state index contributed by atoms with van der Waals surface area (Å²) in [5, 5.41) is 7.96. The molecule has 3 heterocycles. The van der Waals surface area contributed by atoms with Gasteiger partial charge in [0, 0.05) is 35.4 Å². The van der Waals surface area contributed by atoms with Crippen LogP contribution < -0.4 is 10.6 Å². The average molecular weight is 551 g/mol. The predicted octanol–water partition coefficient (Wildman–Crippen LogP) is 6.96. The summed E-state index contributed by atoms with van der Waals surface area (Å²) in [5.41, 5.74) is 3.37. The first kappa shape index (κ1) is 25.3. The van der Waals surface area contributed by atoms with E-state index in [0.717, 1.165) is 22.5 Å². The van der Waals surface area contributed by atoms with Gasteiger partial charge in [-0.15, -0.1) is 0 Å². The number of nitrogens with one attached hydrogen (secondary N) is 2. The molecule has 0 bridgehead atoms. The van der Waals surface area contributed by atoms with Crippen LogP contribution in [-0.4, -0.2) is 27.4 Å². The van der Waals surface area contributed by atoms with Crippen LogP contribution in [0.25, 0.3) is 11.3 Å². The third-order valence-corrected chi connectivity index (χ3v) is 7.21. The van der Waals surface area contributed by atoms with Gasteiger partial charge in [-0.3, -0.25) is 9.78 Å². The van der Waals surface area contributed by atoms with Crippen LogP contribution in [0, 0.1) is 6.92 Å². The Hall–Kier alpha value is -3.39. The van der Waals surface area contributed by atoms with Gasteiger partial charge in [0.25, 0.3) is 0 Å². The molecule has 0 unspecified atom stereocenters. The van der Waals surface area contributed by atoms with E-state index >= 15 is 0 Å². The topological polar surface area (TPSA) is 70.4 Å². The molecule has 1 aliphatic rings. The lowest BCUT2D eigenvalue weighted by atomic mass is 10.0. The van der Waals surface area contributed by atoms with Crippen LogP contribution in [0.2, 0.25) is 10.0 Å². The Morgan fingerprint density at radius 1 is 1.11 bits per heavy atom. The molecule has 1 aliphatic heterocycles. The largest absolute Gasteiger partial charge is 0.459 e. The molecule has 37 heavy (non-hydrogen) atoms. The third-order valence-electron chi connectivity index (χ3n) is 6.31. The van der Waals surface area contributed by atoms with Crippen molar-refractivity contribution >= 4 is 52.1 Å². The van der Waals surface area contributed by atoms with Gasteiger partial charge in [0.05, 0.1) is 16.8 Å². The number of hydrogen-bond donors (Lipinski definition) is 2. The number of halogens is 2. The van der Waals surface area contributed by atoms with Crippen LogP contribution in [0.15, 0.2) is 83.4 Å². The first-order valence-electron chi connectivity index (χ1n) is 11.8. The molecule has 0 radical (unpaired) electrons. The SMILES string of the molecule is Cc1ccccc1NC(=O)CCN1C(=S)N[C@@H](c2ccccn2)[C@@H]1c1ccc(-c2ccc(Cl)cc2Cl)o1. The number of benzene rings is 2. The van der Waals surface area contributed by atoms with Crippen molar-refractivity contribution in [3.8, 4) is 11.3 Å². The van der Waals surface area contributed by atoms with E-state index < -0.39 is 0 Å². The highest BCUT2D eigenvalue weighted by Crippen LogP contribution is 2.41. The zero-order valence-corrected chi connectivity index (χ0v) is 22.3. The Morgan fingerprint density at radius 2 is 1.92 bits per heavy atom. The van der Waals surface area contributed by atoms with Gasteiger partial charge in [-0.1, -0.05) is 47.5 Å². The number of hydrogen-bond acceptors (Lipinski definition) is 4. The summed E-state index contributed by atoms with van der Waals surface area (Å²) in [4.78, 5) is 19.3. The molecule has 6 nitrogen and oxygen atoms in total. The summed E-state index contributed by atoms with van der Waals surface area (Å²) in [6.45, 7) is 2.36. The number of carbonyl (C=O) groups is 1. The molecule has 0 spiro atoms. The molecule has 9 heteroatoms. The number of amides is 1. The lowest BCUT2D eigenvalue weighted by Crippen LogP contribution is -2.32. The highest BCUT2D eigenvalue weighted by Gasteiger charge is 2.41. The Kier molecular flexibility index (Phi) is 7.46. The van der Waals surface area contributed by atoms with E-state index in [4.69, 9.17) is 39.8 Å². The molecule has 0 aliphatic carbocycles. The van der Waals surface area contributed by atoms with Crippen LogP contribution in [0.3, 0.4) is 0 Å². The number of aromatic nitrogens is 1. The number of para-hydroxylation sites is 1. The third kappa shape index (κ3) is 5.49. The van der Waals surface area contributed by atoms with Gasteiger partial charge in [0.2, 0.25) is 5.91 Å². The summed E-state index contributed by atoms with van der Waals surface area (Å²) in [7, 11) is 0. The number of thiocarbonyl (C=S) groups is 1.